The lowest BCUT2D eigenvalue weighted by Gasteiger charge is -2.40. The number of amides is 2. The Hall–Kier alpha value is -3.10. The first-order valence-corrected chi connectivity index (χ1v) is 14.3. The van der Waals surface area contributed by atoms with E-state index in [-0.39, 0.29) is 25.0 Å². The van der Waals surface area contributed by atoms with E-state index in [1.54, 1.807) is 15.9 Å². The van der Waals surface area contributed by atoms with Crippen LogP contribution in [0.15, 0.2) is 61.2 Å². The Morgan fingerprint density at radius 1 is 1.21 bits per heavy atom. The van der Waals surface area contributed by atoms with Gasteiger partial charge in [0.25, 0.3) is 5.91 Å². The van der Waals surface area contributed by atoms with Crippen LogP contribution in [0, 0.1) is 25.7 Å². The molecule has 3 fully saturated rings. The van der Waals surface area contributed by atoms with Gasteiger partial charge in [-0.15, -0.1) is 18.3 Å². The van der Waals surface area contributed by atoms with Crippen LogP contribution in [0.1, 0.15) is 36.5 Å². The number of likely N-dealkylation sites (tertiary alicyclic amines) is 1. The molecule has 3 aliphatic heterocycles. The highest BCUT2D eigenvalue weighted by Gasteiger charge is 2.78. The maximum absolute atomic E-state index is 14.8. The largest absolute Gasteiger partial charge is 0.481 e. The molecule has 2 aromatic carbocycles. The fourth-order valence-corrected chi connectivity index (χ4v) is 9.47. The van der Waals surface area contributed by atoms with Gasteiger partial charge in [-0.1, -0.05) is 48.5 Å². The zero-order valence-electron chi connectivity index (χ0n) is 22.7. The van der Waals surface area contributed by atoms with Crippen LogP contribution in [0.25, 0.3) is 0 Å². The zero-order valence-corrected chi connectivity index (χ0v) is 23.5. The number of benzene rings is 2. The lowest BCUT2D eigenvalue weighted by atomic mass is 9.66. The smallest absolute Gasteiger partial charge is 0.308 e. The minimum atomic E-state index is -1.00. The number of carbonyl (C=O) groups is 3. The molecule has 2 N–H and O–H groups in total. The van der Waals surface area contributed by atoms with Crippen LogP contribution in [0.3, 0.4) is 0 Å². The van der Waals surface area contributed by atoms with Crippen LogP contribution in [0.4, 0.5) is 5.69 Å². The van der Waals surface area contributed by atoms with Crippen molar-refractivity contribution in [2.75, 3.05) is 18.1 Å². The number of aryl methyl sites for hydroxylation is 2. The van der Waals surface area contributed by atoms with Gasteiger partial charge in [0.05, 0.1) is 29.2 Å². The van der Waals surface area contributed by atoms with E-state index in [1.807, 2.05) is 69.3 Å². The average molecular weight is 549 g/mol. The van der Waals surface area contributed by atoms with Gasteiger partial charge in [-0.05, 0) is 62.8 Å². The first-order valence-electron chi connectivity index (χ1n) is 13.5. The zero-order chi connectivity index (χ0) is 28.1. The van der Waals surface area contributed by atoms with Gasteiger partial charge in [-0.2, -0.15) is 0 Å². The molecule has 0 aliphatic carbocycles. The number of nitrogens with zero attached hydrogens (tertiary/aromatic N) is 2. The van der Waals surface area contributed by atoms with Crippen molar-refractivity contribution in [2.45, 2.75) is 61.6 Å². The maximum Gasteiger partial charge on any atom is 0.308 e. The Labute approximate surface area is 233 Å². The predicted molar refractivity (Wildman–Crippen MR) is 153 cm³/mol. The quantitative estimate of drug-likeness (QED) is 0.460. The molecule has 1 spiro atoms. The first kappa shape index (κ1) is 27.5. The summed E-state index contributed by atoms with van der Waals surface area (Å²) in [4.78, 5) is 44.9. The lowest BCUT2D eigenvalue weighted by molar-refractivity contribution is -0.150. The molecule has 206 valence electrons. The van der Waals surface area contributed by atoms with Gasteiger partial charge in [-0.25, -0.2) is 0 Å². The second-order valence-electron chi connectivity index (χ2n) is 11.4. The van der Waals surface area contributed by atoms with Crippen molar-refractivity contribution in [2.24, 2.45) is 11.8 Å². The Bertz CT molecular complexity index is 1320. The summed E-state index contributed by atoms with van der Waals surface area (Å²) in [5.74, 6) is -3.32. The minimum Gasteiger partial charge on any atom is -0.481 e. The van der Waals surface area contributed by atoms with Gasteiger partial charge in [0.2, 0.25) is 5.91 Å². The van der Waals surface area contributed by atoms with Gasteiger partial charge < -0.3 is 20.0 Å². The fraction of sp³-hybridized carbons (Fsp3) is 0.452. The molecule has 0 radical (unpaired) electrons. The van der Waals surface area contributed by atoms with Crippen molar-refractivity contribution in [1.82, 2.24) is 4.90 Å². The molecule has 0 saturated carbocycles. The van der Waals surface area contributed by atoms with Crippen LogP contribution in [-0.2, 0) is 20.8 Å². The van der Waals surface area contributed by atoms with Gasteiger partial charge in [0.15, 0.2) is 0 Å². The minimum absolute atomic E-state index is 0.245. The third-order valence-electron chi connectivity index (χ3n) is 8.87. The van der Waals surface area contributed by atoms with Gasteiger partial charge in [0, 0.05) is 17.0 Å². The molecular weight excluding hydrogens is 512 g/mol. The monoisotopic (exact) mass is 548 g/mol. The first-order chi connectivity index (χ1) is 18.6. The molecule has 8 heteroatoms. The number of thioether (sulfide) groups is 1. The second kappa shape index (κ2) is 10.1. The number of rotatable bonds is 9. The second-order valence-corrected chi connectivity index (χ2v) is 13.3. The summed E-state index contributed by atoms with van der Waals surface area (Å²) < 4.78 is -1.51. The molecular formula is C31H36N2O5S. The Kier molecular flexibility index (Phi) is 7.14. The van der Waals surface area contributed by atoms with Crippen LogP contribution in [0.5, 0.6) is 0 Å². The number of hydrogen-bond acceptors (Lipinski definition) is 5. The van der Waals surface area contributed by atoms with E-state index < -0.39 is 39.4 Å². The van der Waals surface area contributed by atoms with E-state index in [4.69, 9.17) is 0 Å². The van der Waals surface area contributed by atoms with Gasteiger partial charge in [0.1, 0.15) is 6.04 Å². The Balaban J connectivity index is 1.65. The SMILES string of the molecule is C=CCN(C(=O)C1N([C@@H](CO)Cc2ccccc2)C(=O)[C@@H]2[C@@H](C(=O)O)[C@@]3(C)CCC12S3)c1cc(C)ccc1C. The summed E-state index contributed by atoms with van der Waals surface area (Å²) in [5.41, 5.74) is 3.60. The number of carboxylic acid groups (broad SMARTS) is 1. The summed E-state index contributed by atoms with van der Waals surface area (Å²) in [5, 5.41) is 20.9. The highest BCUT2D eigenvalue weighted by atomic mass is 32.2. The van der Waals surface area contributed by atoms with E-state index in [0.29, 0.717) is 19.3 Å². The van der Waals surface area contributed by atoms with Crippen LogP contribution in [-0.4, -0.2) is 67.6 Å². The normalized spacial score (nSPS) is 29.8. The topological polar surface area (TPSA) is 98.2 Å². The molecule has 2 unspecified atom stereocenters. The lowest BCUT2D eigenvalue weighted by Crippen LogP contribution is -2.58. The molecule has 3 heterocycles. The third-order valence-corrected chi connectivity index (χ3v) is 10.9. The van der Waals surface area contributed by atoms with Crippen LogP contribution < -0.4 is 4.90 Å². The number of aliphatic carboxylic acids is 1. The Morgan fingerprint density at radius 2 is 1.92 bits per heavy atom. The molecule has 3 saturated heterocycles. The molecule has 5 rings (SSSR count). The molecule has 39 heavy (non-hydrogen) atoms. The number of aliphatic hydroxyl groups is 1. The summed E-state index contributed by atoms with van der Waals surface area (Å²) in [6, 6.07) is 13.9. The molecule has 3 aliphatic rings. The number of carbonyl (C=O) groups excluding carboxylic acids is 2. The van der Waals surface area contributed by atoms with Crippen LogP contribution >= 0.6 is 11.8 Å². The number of anilines is 1. The van der Waals surface area contributed by atoms with Crippen LogP contribution in [0.2, 0.25) is 0 Å². The molecule has 2 bridgehead atoms. The molecule has 6 atom stereocenters. The summed E-state index contributed by atoms with van der Waals surface area (Å²) in [7, 11) is 0. The van der Waals surface area contributed by atoms with Crippen molar-refractivity contribution in [3.05, 3.63) is 77.9 Å². The van der Waals surface area contributed by atoms with Gasteiger partial charge in [-0.3, -0.25) is 14.4 Å². The average Bonchev–Trinajstić information content (AvgIpc) is 3.48. The molecule has 0 aromatic heterocycles. The summed E-state index contributed by atoms with van der Waals surface area (Å²) >= 11 is 1.51. The van der Waals surface area contributed by atoms with Gasteiger partial charge >= 0.3 is 5.97 Å². The number of fused-ring (bicyclic) bond motifs is 1. The Morgan fingerprint density at radius 3 is 2.56 bits per heavy atom. The predicted octanol–water partition coefficient (Wildman–Crippen LogP) is 3.99. The molecule has 2 aromatic rings. The van der Waals surface area contributed by atoms with Crippen molar-refractivity contribution in [3.63, 3.8) is 0 Å². The van der Waals surface area contributed by atoms with Crippen molar-refractivity contribution in [1.29, 1.82) is 0 Å². The third kappa shape index (κ3) is 4.28. The van der Waals surface area contributed by atoms with E-state index in [1.165, 1.54) is 11.8 Å². The highest BCUT2D eigenvalue weighted by molar-refractivity contribution is 8.02. The molecule has 2 amide bonds. The fourth-order valence-electron chi connectivity index (χ4n) is 7.14. The molecule has 7 nitrogen and oxygen atoms in total. The highest BCUT2D eigenvalue weighted by Crippen LogP contribution is 2.71. The van der Waals surface area contributed by atoms with E-state index in [0.717, 1.165) is 22.4 Å². The van der Waals surface area contributed by atoms with E-state index in [9.17, 15) is 24.6 Å². The number of carboxylic acids is 1. The summed E-state index contributed by atoms with van der Waals surface area (Å²) in [6.07, 6.45) is 3.22. The number of aliphatic hydroxyl groups excluding tert-OH is 1. The maximum atomic E-state index is 14.8. The number of hydrogen-bond donors (Lipinski definition) is 2. The van der Waals surface area contributed by atoms with Crippen molar-refractivity contribution < 1.29 is 24.6 Å². The summed E-state index contributed by atoms with van der Waals surface area (Å²) in [6.45, 7) is 9.63. The van der Waals surface area contributed by atoms with E-state index in [2.05, 4.69) is 6.58 Å². The van der Waals surface area contributed by atoms with Crippen molar-refractivity contribution in [3.8, 4) is 0 Å². The van der Waals surface area contributed by atoms with E-state index >= 15 is 0 Å². The standard InChI is InChI=1S/C31H36N2O5S/c1-5-15-32(23-16-19(2)11-12-20(23)3)28(36)26-31-14-13-30(4,39-31)25(29(37)38)24(31)27(35)33(26)22(18-34)17-21-9-7-6-8-10-21/h5-12,16,22,24-26,34H,1,13-15,17-18H2,2-4H3,(H,37,38)/t22-,24+,25+,26?,30-,31?/m1/s1. The van der Waals surface area contributed by atoms with Crippen molar-refractivity contribution >= 4 is 35.2 Å².